The Morgan fingerprint density at radius 2 is 1.77 bits per heavy atom. The SMILES string of the molecule is CCOc1cc(C=C2C(=N)N3N=C(CC)SC3=NC2=O)ccc1OCCOc1cc(C)ccc1C. The number of fused-ring (bicyclic) bond motifs is 1. The number of hydrogen-bond donors (Lipinski definition) is 1. The van der Waals surface area contributed by atoms with Crippen LogP contribution < -0.4 is 14.2 Å². The molecule has 0 bridgehead atoms. The first-order valence-electron chi connectivity index (χ1n) is 11.5. The topological polar surface area (TPSA) is 96.6 Å². The number of nitrogens with one attached hydrogen (secondary N) is 1. The van der Waals surface area contributed by atoms with Gasteiger partial charge in [0, 0.05) is 0 Å². The van der Waals surface area contributed by atoms with E-state index in [4.69, 9.17) is 19.6 Å². The average Bonchev–Trinajstić information content (AvgIpc) is 3.26. The summed E-state index contributed by atoms with van der Waals surface area (Å²) in [4.78, 5) is 16.7. The van der Waals surface area contributed by atoms with Crippen molar-refractivity contribution < 1.29 is 19.0 Å². The summed E-state index contributed by atoms with van der Waals surface area (Å²) in [5.74, 6) is 1.53. The third-order valence-corrected chi connectivity index (χ3v) is 6.37. The Bertz CT molecular complexity index is 1250. The molecule has 0 spiro atoms. The molecule has 0 aliphatic carbocycles. The maximum atomic E-state index is 12.6. The first-order valence-corrected chi connectivity index (χ1v) is 12.3. The highest BCUT2D eigenvalue weighted by molar-refractivity contribution is 8.26. The number of nitrogens with zero attached hydrogens (tertiary/aromatic N) is 3. The van der Waals surface area contributed by atoms with Crippen LogP contribution in [-0.2, 0) is 4.79 Å². The molecule has 1 N–H and O–H groups in total. The van der Waals surface area contributed by atoms with Crippen molar-refractivity contribution in [2.24, 2.45) is 10.1 Å². The molecular formula is C26H28N4O4S. The normalized spacial score (nSPS) is 16.2. The molecule has 0 fully saturated rings. The molecule has 8 nitrogen and oxygen atoms in total. The number of ether oxygens (including phenoxy) is 3. The Hall–Kier alpha value is -3.59. The number of hydrazone groups is 1. The Balaban J connectivity index is 1.47. The highest BCUT2D eigenvalue weighted by Gasteiger charge is 2.35. The minimum Gasteiger partial charge on any atom is -0.490 e. The molecule has 0 atom stereocenters. The fourth-order valence-electron chi connectivity index (χ4n) is 3.51. The molecule has 1 amide bonds. The van der Waals surface area contributed by atoms with Crippen molar-refractivity contribution in [3.8, 4) is 17.2 Å². The number of amidine groups is 2. The predicted octanol–water partition coefficient (Wildman–Crippen LogP) is 5.19. The van der Waals surface area contributed by atoms with Crippen molar-refractivity contribution >= 4 is 39.8 Å². The number of rotatable bonds is 9. The summed E-state index contributed by atoms with van der Waals surface area (Å²) in [6, 6.07) is 11.5. The monoisotopic (exact) mass is 492 g/mol. The molecule has 0 aromatic heterocycles. The number of amides is 1. The Kier molecular flexibility index (Phi) is 7.55. The summed E-state index contributed by atoms with van der Waals surface area (Å²) in [5, 5.41) is 15.5. The van der Waals surface area contributed by atoms with Crippen molar-refractivity contribution in [1.29, 1.82) is 5.41 Å². The number of aryl methyl sites for hydroxylation is 2. The quantitative estimate of drug-likeness (QED) is 0.382. The molecule has 2 aliphatic heterocycles. The molecule has 4 rings (SSSR count). The molecule has 35 heavy (non-hydrogen) atoms. The van der Waals surface area contributed by atoms with E-state index in [-0.39, 0.29) is 11.4 Å². The Labute approximate surface area is 209 Å². The van der Waals surface area contributed by atoms with E-state index < -0.39 is 5.91 Å². The van der Waals surface area contributed by atoms with Crippen LogP contribution in [-0.4, -0.2) is 46.8 Å². The highest BCUT2D eigenvalue weighted by atomic mass is 32.2. The summed E-state index contributed by atoms with van der Waals surface area (Å²) in [6.45, 7) is 9.10. The van der Waals surface area contributed by atoms with Crippen LogP contribution in [0.25, 0.3) is 6.08 Å². The van der Waals surface area contributed by atoms with E-state index in [9.17, 15) is 4.79 Å². The van der Waals surface area contributed by atoms with Gasteiger partial charge in [0.2, 0.25) is 5.17 Å². The zero-order chi connectivity index (χ0) is 24.9. The molecule has 2 heterocycles. The fourth-order valence-corrected chi connectivity index (χ4v) is 4.33. The van der Waals surface area contributed by atoms with E-state index in [1.165, 1.54) is 16.8 Å². The van der Waals surface area contributed by atoms with Crippen molar-refractivity contribution in [1.82, 2.24) is 5.01 Å². The average molecular weight is 493 g/mol. The van der Waals surface area contributed by atoms with Crippen LogP contribution in [0.2, 0.25) is 0 Å². The molecule has 2 aromatic carbocycles. The van der Waals surface area contributed by atoms with Crippen LogP contribution in [0.3, 0.4) is 0 Å². The summed E-state index contributed by atoms with van der Waals surface area (Å²) >= 11 is 1.32. The minimum atomic E-state index is -0.455. The van der Waals surface area contributed by atoms with Gasteiger partial charge in [0.25, 0.3) is 5.91 Å². The molecule has 0 saturated heterocycles. The second-order valence-corrected chi connectivity index (χ2v) is 9.01. The van der Waals surface area contributed by atoms with Gasteiger partial charge in [-0.1, -0.05) is 25.1 Å². The van der Waals surface area contributed by atoms with Crippen LogP contribution in [0.5, 0.6) is 17.2 Å². The lowest BCUT2D eigenvalue weighted by Gasteiger charge is -2.20. The van der Waals surface area contributed by atoms with E-state index in [0.29, 0.717) is 42.1 Å². The third kappa shape index (κ3) is 5.57. The molecule has 182 valence electrons. The van der Waals surface area contributed by atoms with Gasteiger partial charge in [-0.25, -0.2) is 0 Å². The second-order valence-electron chi connectivity index (χ2n) is 7.97. The standard InChI is InChI=1S/C26H28N4O4S/c1-5-23-29-30-24(27)19(25(31)28-26(30)35-23)14-18-9-10-20(22(15-18)32-6-2)33-11-12-34-21-13-16(3)7-8-17(21)4/h7-10,13-15,27H,5-6,11-12H2,1-4H3. The Morgan fingerprint density at radius 3 is 2.51 bits per heavy atom. The molecule has 0 unspecified atom stereocenters. The van der Waals surface area contributed by atoms with E-state index in [1.54, 1.807) is 18.2 Å². The lowest BCUT2D eigenvalue weighted by atomic mass is 10.1. The summed E-state index contributed by atoms with van der Waals surface area (Å²) in [5.41, 5.74) is 3.09. The van der Waals surface area contributed by atoms with Crippen LogP contribution in [0.4, 0.5) is 0 Å². The van der Waals surface area contributed by atoms with E-state index >= 15 is 0 Å². The third-order valence-electron chi connectivity index (χ3n) is 5.32. The lowest BCUT2D eigenvalue weighted by molar-refractivity contribution is -0.114. The molecular weight excluding hydrogens is 464 g/mol. The maximum absolute atomic E-state index is 12.6. The van der Waals surface area contributed by atoms with Gasteiger partial charge in [-0.3, -0.25) is 10.2 Å². The molecule has 0 saturated carbocycles. The van der Waals surface area contributed by atoms with Crippen LogP contribution in [0, 0.1) is 19.3 Å². The van der Waals surface area contributed by atoms with E-state index in [1.807, 2.05) is 45.9 Å². The van der Waals surface area contributed by atoms with E-state index in [0.717, 1.165) is 28.3 Å². The number of benzene rings is 2. The summed E-state index contributed by atoms with van der Waals surface area (Å²) in [6.07, 6.45) is 2.35. The van der Waals surface area contributed by atoms with Crippen molar-refractivity contribution in [2.45, 2.75) is 34.1 Å². The predicted molar refractivity (Wildman–Crippen MR) is 140 cm³/mol. The van der Waals surface area contributed by atoms with Gasteiger partial charge >= 0.3 is 0 Å². The zero-order valence-corrected chi connectivity index (χ0v) is 21.1. The number of hydrogen-bond acceptors (Lipinski definition) is 7. The van der Waals surface area contributed by atoms with Gasteiger partial charge in [-0.2, -0.15) is 15.1 Å². The van der Waals surface area contributed by atoms with Gasteiger partial charge < -0.3 is 14.2 Å². The smallest absolute Gasteiger partial charge is 0.283 e. The van der Waals surface area contributed by atoms with Gasteiger partial charge in [-0.15, -0.1) is 0 Å². The summed E-state index contributed by atoms with van der Waals surface area (Å²) < 4.78 is 17.6. The number of thioether (sulfide) groups is 1. The molecule has 2 aliphatic rings. The molecule has 0 radical (unpaired) electrons. The van der Waals surface area contributed by atoms with Crippen molar-refractivity contribution in [2.75, 3.05) is 19.8 Å². The van der Waals surface area contributed by atoms with Crippen LogP contribution >= 0.6 is 11.8 Å². The van der Waals surface area contributed by atoms with Crippen LogP contribution in [0.15, 0.2) is 52.1 Å². The highest BCUT2D eigenvalue weighted by Crippen LogP contribution is 2.32. The van der Waals surface area contributed by atoms with Gasteiger partial charge in [0.15, 0.2) is 17.3 Å². The number of carbonyl (C=O) groups excluding carboxylic acids is 1. The first kappa shape index (κ1) is 24.5. The number of aliphatic imine (C=N–C) groups is 1. The lowest BCUT2D eigenvalue weighted by Crippen LogP contribution is -2.35. The van der Waals surface area contributed by atoms with Crippen molar-refractivity contribution in [3.05, 3.63) is 58.7 Å². The summed E-state index contributed by atoms with van der Waals surface area (Å²) in [7, 11) is 0. The van der Waals surface area contributed by atoms with Gasteiger partial charge in [0.05, 0.1) is 12.2 Å². The minimum absolute atomic E-state index is 0.0119. The van der Waals surface area contributed by atoms with Gasteiger partial charge in [-0.05, 0) is 79.9 Å². The zero-order valence-electron chi connectivity index (χ0n) is 20.3. The van der Waals surface area contributed by atoms with Crippen molar-refractivity contribution in [3.63, 3.8) is 0 Å². The molecule has 9 heteroatoms. The van der Waals surface area contributed by atoms with E-state index in [2.05, 4.69) is 16.2 Å². The fraction of sp³-hybridized carbons (Fsp3) is 0.308. The molecule has 2 aromatic rings. The van der Waals surface area contributed by atoms with Crippen LogP contribution in [0.1, 0.15) is 37.0 Å². The van der Waals surface area contributed by atoms with Gasteiger partial charge in [0.1, 0.15) is 24.0 Å². The Morgan fingerprint density at radius 1 is 1.00 bits per heavy atom. The number of carbonyl (C=O) groups is 1. The maximum Gasteiger partial charge on any atom is 0.283 e. The second kappa shape index (κ2) is 10.8. The first-order chi connectivity index (χ1) is 16.9. The largest absolute Gasteiger partial charge is 0.490 e.